The lowest BCUT2D eigenvalue weighted by Gasteiger charge is -2.30. The Balaban J connectivity index is 0.000000392. The van der Waals surface area contributed by atoms with E-state index in [2.05, 4.69) is 17.4 Å². The third-order valence-corrected chi connectivity index (χ3v) is 6.00. The van der Waals surface area contributed by atoms with Gasteiger partial charge in [-0.25, -0.2) is 14.4 Å². The number of carboxylic acids is 2. The summed E-state index contributed by atoms with van der Waals surface area (Å²) in [6, 6.07) is 12.4. The number of rotatable bonds is 6. The van der Waals surface area contributed by atoms with Gasteiger partial charge in [-0.15, -0.1) is 0 Å². The smallest absolute Gasteiger partial charge is 0.414 e. The Labute approximate surface area is 210 Å². The van der Waals surface area contributed by atoms with Crippen LogP contribution >= 0.6 is 0 Å². The SMILES string of the molecule is COc1cccc(CCOC(=O)N2CCCc3cc4c(cc32)CCNCC4)c1.O=C(O)/C=C/C(=O)O. The van der Waals surface area contributed by atoms with Crippen LogP contribution in [0.15, 0.2) is 48.6 Å². The molecule has 4 rings (SSSR count). The zero-order valence-corrected chi connectivity index (χ0v) is 20.4. The highest BCUT2D eigenvalue weighted by atomic mass is 16.6. The third-order valence-electron chi connectivity index (χ3n) is 6.00. The molecule has 0 spiro atoms. The molecule has 2 aliphatic heterocycles. The number of carbonyl (C=O) groups is 3. The van der Waals surface area contributed by atoms with Gasteiger partial charge < -0.3 is 25.0 Å². The number of hydrogen-bond donors (Lipinski definition) is 3. The highest BCUT2D eigenvalue weighted by Crippen LogP contribution is 2.32. The number of aliphatic carboxylic acids is 2. The molecule has 0 unspecified atom stereocenters. The van der Waals surface area contributed by atoms with E-state index in [0.717, 1.165) is 62.3 Å². The molecule has 3 N–H and O–H groups in total. The average molecular weight is 497 g/mol. The van der Waals surface area contributed by atoms with E-state index in [4.69, 9.17) is 19.7 Å². The lowest BCUT2D eigenvalue weighted by molar-refractivity contribution is -0.134. The molecule has 9 heteroatoms. The molecule has 0 aliphatic carbocycles. The third kappa shape index (κ3) is 7.84. The van der Waals surface area contributed by atoms with Crippen molar-refractivity contribution in [3.63, 3.8) is 0 Å². The summed E-state index contributed by atoms with van der Waals surface area (Å²) >= 11 is 0. The quantitative estimate of drug-likeness (QED) is 0.521. The van der Waals surface area contributed by atoms with Crippen molar-refractivity contribution < 1.29 is 34.1 Å². The largest absolute Gasteiger partial charge is 0.497 e. The minimum Gasteiger partial charge on any atom is -0.497 e. The molecule has 1 amide bonds. The number of methoxy groups -OCH3 is 1. The van der Waals surface area contributed by atoms with Gasteiger partial charge in [-0.2, -0.15) is 0 Å². The van der Waals surface area contributed by atoms with Crippen molar-refractivity contribution >= 4 is 23.7 Å². The lowest BCUT2D eigenvalue weighted by Crippen LogP contribution is -2.36. The summed E-state index contributed by atoms with van der Waals surface area (Å²) in [6.07, 6.45) is 5.65. The van der Waals surface area contributed by atoms with Crippen molar-refractivity contribution in [2.24, 2.45) is 0 Å². The van der Waals surface area contributed by atoms with Crippen LogP contribution in [0.5, 0.6) is 5.75 Å². The maximum absolute atomic E-state index is 12.8. The van der Waals surface area contributed by atoms with Gasteiger partial charge in [0.1, 0.15) is 5.75 Å². The second kappa shape index (κ2) is 13.3. The predicted molar refractivity (Wildman–Crippen MR) is 135 cm³/mol. The number of anilines is 1. The molecule has 0 fully saturated rings. The number of carbonyl (C=O) groups excluding carboxylic acids is 1. The van der Waals surface area contributed by atoms with E-state index >= 15 is 0 Å². The topological polar surface area (TPSA) is 125 Å². The summed E-state index contributed by atoms with van der Waals surface area (Å²) in [5, 5.41) is 19.1. The van der Waals surface area contributed by atoms with Crippen LogP contribution in [0.2, 0.25) is 0 Å². The second-order valence-corrected chi connectivity index (χ2v) is 8.48. The number of hydrogen-bond acceptors (Lipinski definition) is 6. The Morgan fingerprint density at radius 1 is 0.972 bits per heavy atom. The van der Waals surface area contributed by atoms with Crippen molar-refractivity contribution in [2.75, 3.05) is 38.3 Å². The maximum Gasteiger partial charge on any atom is 0.414 e. The molecule has 0 bridgehead atoms. The highest BCUT2D eigenvalue weighted by Gasteiger charge is 2.25. The molecule has 0 aromatic heterocycles. The predicted octanol–water partition coefficient (Wildman–Crippen LogP) is 3.23. The van der Waals surface area contributed by atoms with Gasteiger partial charge in [0.05, 0.1) is 19.4 Å². The van der Waals surface area contributed by atoms with Gasteiger partial charge in [-0.05, 0) is 79.2 Å². The molecule has 9 nitrogen and oxygen atoms in total. The molecule has 2 aromatic rings. The molecule has 0 saturated heterocycles. The first-order valence-electron chi connectivity index (χ1n) is 11.9. The summed E-state index contributed by atoms with van der Waals surface area (Å²) in [5.74, 6) is -1.69. The van der Waals surface area contributed by atoms with Gasteiger partial charge >= 0.3 is 18.0 Å². The van der Waals surface area contributed by atoms with Gasteiger partial charge in [0.2, 0.25) is 0 Å². The van der Waals surface area contributed by atoms with Gasteiger partial charge in [-0.3, -0.25) is 4.90 Å². The lowest BCUT2D eigenvalue weighted by atomic mass is 9.93. The molecule has 0 saturated carbocycles. The number of aryl methyl sites for hydroxylation is 1. The molecule has 36 heavy (non-hydrogen) atoms. The summed E-state index contributed by atoms with van der Waals surface area (Å²) in [5.41, 5.74) is 6.20. The van der Waals surface area contributed by atoms with Crippen LogP contribution in [0.4, 0.5) is 10.5 Å². The van der Waals surface area contributed by atoms with Gasteiger partial charge in [0.25, 0.3) is 0 Å². The van der Waals surface area contributed by atoms with E-state index in [-0.39, 0.29) is 6.09 Å². The van der Waals surface area contributed by atoms with E-state index in [0.29, 0.717) is 25.2 Å². The highest BCUT2D eigenvalue weighted by molar-refractivity contribution is 5.90. The Morgan fingerprint density at radius 3 is 2.33 bits per heavy atom. The first-order valence-corrected chi connectivity index (χ1v) is 11.9. The van der Waals surface area contributed by atoms with Crippen LogP contribution in [-0.2, 0) is 40.0 Å². The van der Waals surface area contributed by atoms with E-state index in [1.165, 1.54) is 16.7 Å². The summed E-state index contributed by atoms with van der Waals surface area (Å²) in [7, 11) is 1.66. The number of benzene rings is 2. The van der Waals surface area contributed by atoms with E-state index in [1.807, 2.05) is 29.2 Å². The van der Waals surface area contributed by atoms with Crippen molar-refractivity contribution in [3.8, 4) is 5.75 Å². The minimum absolute atomic E-state index is 0.240. The fraction of sp³-hybridized carbons (Fsp3) is 0.370. The molecule has 2 aromatic carbocycles. The van der Waals surface area contributed by atoms with Crippen LogP contribution in [0.3, 0.4) is 0 Å². The van der Waals surface area contributed by atoms with Crippen molar-refractivity contribution in [1.82, 2.24) is 5.32 Å². The Bertz CT molecular complexity index is 1100. The van der Waals surface area contributed by atoms with E-state index in [9.17, 15) is 14.4 Å². The Kier molecular flexibility index (Phi) is 9.88. The second-order valence-electron chi connectivity index (χ2n) is 8.48. The van der Waals surface area contributed by atoms with E-state index in [1.54, 1.807) is 7.11 Å². The summed E-state index contributed by atoms with van der Waals surface area (Å²) in [4.78, 5) is 33.7. The molecule has 2 aliphatic rings. The van der Waals surface area contributed by atoms with Crippen LogP contribution in [0, 0.1) is 0 Å². The zero-order valence-electron chi connectivity index (χ0n) is 20.4. The number of ether oxygens (including phenoxy) is 2. The summed E-state index contributed by atoms with van der Waals surface area (Å²) in [6.45, 7) is 3.12. The fourth-order valence-electron chi connectivity index (χ4n) is 4.26. The summed E-state index contributed by atoms with van der Waals surface area (Å²) < 4.78 is 10.9. The maximum atomic E-state index is 12.8. The van der Waals surface area contributed by atoms with Gasteiger partial charge in [0, 0.05) is 25.1 Å². The van der Waals surface area contributed by atoms with Crippen molar-refractivity contribution in [3.05, 3.63) is 70.8 Å². The molecular formula is C27H32N2O7. The van der Waals surface area contributed by atoms with Gasteiger partial charge in [-0.1, -0.05) is 18.2 Å². The average Bonchev–Trinajstić information content (AvgIpc) is 3.11. The standard InChI is InChI=1S/C23H28N2O3.C4H4O4/c1-27-21-6-2-4-17(14-21)9-13-28-23(26)25-12-3-5-20-15-18-7-10-24-11-8-19(18)16-22(20)25;5-3(6)1-2-4(7)8/h2,4,6,14-16,24H,3,5,7-13H2,1H3;1-2H,(H,5,6)(H,7,8)/b;2-1+. The zero-order chi connectivity index (χ0) is 25.9. The van der Waals surface area contributed by atoms with Crippen LogP contribution in [0.1, 0.15) is 28.7 Å². The number of nitrogens with one attached hydrogen (secondary N) is 1. The number of nitrogens with zero attached hydrogens (tertiary/aromatic N) is 1. The van der Waals surface area contributed by atoms with Crippen molar-refractivity contribution in [2.45, 2.75) is 32.1 Å². The molecule has 0 radical (unpaired) electrons. The van der Waals surface area contributed by atoms with Gasteiger partial charge in [0.15, 0.2) is 0 Å². The fourth-order valence-corrected chi connectivity index (χ4v) is 4.26. The normalized spacial score (nSPS) is 14.5. The van der Waals surface area contributed by atoms with E-state index < -0.39 is 11.9 Å². The Morgan fingerprint density at radius 2 is 1.67 bits per heavy atom. The van der Waals surface area contributed by atoms with Crippen LogP contribution in [-0.4, -0.2) is 61.6 Å². The number of amides is 1. The Hall–Kier alpha value is -3.85. The molecule has 192 valence electrons. The molecule has 0 atom stereocenters. The first kappa shape index (κ1) is 26.7. The van der Waals surface area contributed by atoms with Crippen molar-refractivity contribution in [1.29, 1.82) is 0 Å². The monoisotopic (exact) mass is 496 g/mol. The molecular weight excluding hydrogens is 464 g/mol. The molecule has 2 heterocycles. The number of carboxylic acid groups (broad SMARTS) is 2. The minimum atomic E-state index is -1.26. The van der Waals surface area contributed by atoms with Crippen LogP contribution in [0.25, 0.3) is 0 Å². The first-order chi connectivity index (χ1) is 17.4. The number of fused-ring (bicyclic) bond motifs is 2. The van der Waals surface area contributed by atoms with Crippen LogP contribution < -0.4 is 15.0 Å².